The number of carbonyl (C=O) groups excluding carboxylic acids is 2. The monoisotopic (exact) mass is 293 g/mol. The number of sulfonamides is 1. The van der Waals surface area contributed by atoms with Gasteiger partial charge in [-0.3, -0.25) is 9.59 Å². The van der Waals surface area contributed by atoms with E-state index in [1.54, 1.807) is 6.92 Å². The van der Waals surface area contributed by atoms with Gasteiger partial charge in [0.05, 0.1) is 13.7 Å². The molecule has 0 aromatic carbocycles. The molecule has 0 aliphatic carbocycles. The van der Waals surface area contributed by atoms with Crippen LogP contribution in [0.15, 0.2) is 0 Å². The SMILES string of the molecule is CCOC(=O)C1CCCCN1S(=O)(=O)CC(=O)OC. The summed E-state index contributed by atoms with van der Waals surface area (Å²) in [6.07, 6.45) is 1.84. The first-order valence-corrected chi connectivity index (χ1v) is 7.76. The summed E-state index contributed by atoms with van der Waals surface area (Å²) in [4.78, 5) is 22.9. The summed E-state index contributed by atoms with van der Waals surface area (Å²) < 4.78 is 34.5. The molecule has 0 saturated carbocycles. The van der Waals surface area contributed by atoms with E-state index in [1.807, 2.05) is 0 Å². The first kappa shape index (κ1) is 15.9. The average Bonchev–Trinajstić information content (AvgIpc) is 2.38. The van der Waals surface area contributed by atoms with Gasteiger partial charge in [-0.15, -0.1) is 0 Å². The van der Waals surface area contributed by atoms with Crippen molar-refractivity contribution in [2.75, 3.05) is 26.0 Å². The standard InChI is InChI=1S/C11H19NO6S/c1-3-18-11(14)9-6-4-5-7-12(9)19(15,16)8-10(13)17-2/h9H,3-8H2,1-2H3. The molecule has 1 aliphatic rings. The van der Waals surface area contributed by atoms with Crippen LogP contribution in [0, 0.1) is 0 Å². The van der Waals surface area contributed by atoms with E-state index in [0.717, 1.165) is 17.8 Å². The van der Waals surface area contributed by atoms with Crippen LogP contribution in [-0.4, -0.2) is 56.7 Å². The Balaban J connectivity index is 2.87. The summed E-state index contributed by atoms with van der Waals surface area (Å²) in [6.45, 7) is 2.08. The molecule has 1 fully saturated rings. The summed E-state index contributed by atoms with van der Waals surface area (Å²) in [5.74, 6) is -2.15. The van der Waals surface area contributed by atoms with Gasteiger partial charge in [-0.1, -0.05) is 0 Å². The van der Waals surface area contributed by atoms with Crippen molar-refractivity contribution in [1.29, 1.82) is 0 Å². The normalized spacial score (nSPS) is 20.8. The van der Waals surface area contributed by atoms with E-state index in [1.165, 1.54) is 0 Å². The molecule has 0 aromatic rings. The zero-order valence-electron chi connectivity index (χ0n) is 11.1. The summed E-state index contributed by atoms with van der Waals surface area (Å²) in [6, 6.07) is -0.830. The number of methoxy groups -OCH3 is 1. The van der Waals surface area contributed by atoms with Crippen LogP contribution in [0.5, 0.6) is 0 Å². The number of hydrogen-bond donors (Lipinski definition) is 0. The highest BCUT2D eigenvalue weighted by molar-refractivity contribution is 7.89. The first-order chi connectivity index (χ1) is 8.92. The highest BCUT2D eigenvalue weighted by Gasteiger charge is 2.38. The van der Waals surface area contributed by atoms with Gasteiger partial charge in [-0.2, -0.15) is 4.31 Å². The van der Waals surface area contributed by atoms with E-state index in [4.69, 9.17) is 4.74 Å². The van der Waals surface area contributed by atoms with Gasteiger partial charge >= 0.3 is 11.9 Å². The minimum atomic E-state index is -3.85. The molecule has 1 rings (SSSR count). The Morgan fingerprint density at radius 1 is 1.32 bits per heavy atom. The Morgan fingerprint density at radius 2 is 2.00 bits per heavy atom. The molecule has 19 heavy (non-hydrogen) atoms. The lowest BCUT2D eigenvalue weighted by Crippen LogP contribution is -2.50. The maximum absolute atomic E-state index is 12.1. The van der Waals surface area contributed by atoms with E-state index < -0.39 is 33.8 Å². The number of carbonyl (C=O) groups is 2. The van der Waals surface area contributed by atoms with Crippen molar-refractivity contribution in [3.8, 4) is 0 Å². The quantitative estimate of drug-likeness (QED) is 0.658. The van der Waals surface area contributed by atoms with Crippen LogP contribution in [0.4, 0.5) is 0 Å². The average molecular weight is 293 g/mol. The van der Waals surface area contributed by atoms with Crippen LogP contribution in [0.2, 0.25) is 0 Å². The van der Waals surface area contributed by atoms with Crippen molar-refractivity contribution in [3.05, 3.63) is 0 Å². The van der Waals surface area contributed by atoms with Crippen molar-refractivity contribution in [2.45, 2.75) is 32.2 Å². The Morgan fingerprint density at radius 3 is 2.58 bits per heavy atom. The smallest absolute Gasteiger partial charge is 0.324 e. The molecule has 7 nitrogen and oxygen atoms in total. The second-order valence-electron chi connectivity index (χ2n) is 4.21. The highest BCUT2D eigenvalue weighted by atomic mass is 32.2. The van der Waals surface area contributed by atoms with Crippen LogP contribution in [0.1, 0.15) is 26.2 Å². The van der Waals surface area contributed by atoms with Gasteiger partial charge in [0.1, 0.15) is 6.04 Å². The Bertz CT molecular complexity index is 432. The molecular formula is C11H19NO6S. The first-order valence-electron chi connectivity index (χ1n) is 6.15. The fourth-order valence-electron chi connectivity index (χ4n) is 2.00. The molecule has 0 amide bonds. The van der Waals surface area contributed by atoms with E-state index in [0.29, 0.717) is 12.8 Å². The number of piperidine rings is 1. The van der Waals surface area contributed by atoms with Crippen molar-refractivity contribution < 1.29 is 27.5 Å². The third-order valence-electron chi connectivity index (χ3n) is 2.90. The highest BCUT2D eigenvalue weighted by Crippen LogP contribution is 2.22. The summed E-state index contributed by atoms with van der Waals surface area (Å²) >= 11 is 0. The van der Waals surface area contributed by atoms with Crippen molar-refractivity contribution in [3.63, 3.8) is 0 Å². The second kappa shape index (κ2) is 6.85. The van der Waals surface area contributed by atoms with E-state index in [2.05, 4.69) is 4.74 Å². The zero-order valence-corrected chi connectivity index (χ0v) is 11.9. The molecule has 8 heteroatoms. The van der Waals surface area contributed by atoms with Crippen LogP contribution in [-0.2, 0) is 29.1 Å². The van der Waals surface area contributed by atoms with Gasteiger partial charge in [0, 0.05) is 6.54 Å². The predicted molar refractivity (Wildman–Crippen MR) is 66.8 cm³/mol. The van der Waals surface area contributed by atoms with E-state index in [9.17, 15) is 18.0 Å². The molecule has 1 aliphatic heterocycles. The maximum atomic E-state index is 12.1. The van der Waals surface area contributed by atoms with Gasteiger partial charge in [-0.05, 0) is 26.2 Å². The summed E-state index contributed by atoms with van der Waals surface area (Å²) in [5.41, 5.74) is 0. The van der Waals surface area contributed by atoms with Crippen molar-refractivity contribution in [1.82, 2.24) is 4.31 Å². The van der Waals surface area contributed by atoms with Gasteiger partial charge in [0.15, 0.2) is 5.75 Å². The lowest BCUT2D eigenvalue weighted by atomic mass is 10.1. The molecule has 1 unspecified atom stereocenters. The molecule has 0 bridgehead atoms. The zero-order chi connectivity index (χ0) is 14.5. The lowest BCUT2D eigenvalue weighted by Gasteiger charge is -2.32. The minimum absolute atomic E-state index is 0.195. The van der Waals surface area contributed by atoms with Gasteiger partial charge < -0.3 is 9.47 Å². The second-order valence-corrected chi connectivity index (χ2v) is 6.13. The van der Waals surface area contributed by atoms with Crippen LogP contribution in [0.25, 0.3) is 0 Å². The fraction of sp³-hybridized carbons (Fsp3) is 0.818. The fourth-order valence-corrected chi connectivity index (χ4v) is 3.57. The molecular weight excluding hydrogens is 274 g/mol. The van der Waals surface area contributed by atoms with Crippen LogP contribution >= 0.6 is 0 Å². The van der Waals surface area contributed by atoms with Crippen LogP contribution < -0.4 is 0 Å². The van der Waals surface area contributed by atoms with Crippen molar-refractivity contribution in [2.24, 2.45) is 0 Å². The number of rotatable bonds is 5. The molecule has 110 valence electrons. The third-order valence-corrected chi connectivity index (χ3v) is 4.65. The van der Waals surface area contributed by atoms with Gasteiger partial charge in [0.2, 0.25) is 10.0 Å². The van der Waals surface area contributed by atoms with E-state index >= 15 is 0 Å². The Kier molecular flexibility index (Phi) is 5.74. The molecule has 1 atom stereocenters. The summed E-state index contributed by atoms with van der Waals surface area (Å²) in [5, 5.41) is 0. The van der Waals surface area contributed by atoms with Crippen molar-refractivity contribution >= 4 is 22.0 Å². The van der Waals surface area contributed by atoms with E-state index in [-0.39, 0.29) is 13.2 Å². The number of nitrogens with zero attached hydrogens (tertiary/aromatic N) is 1. The lowest BCUT2D eigenvalue weighted by molar-refractivity contribution is -0.148. The number of ether oxygens (including phenoxy) is 2. The maximum Gasteiger partial charge on any atom is 0.324 e. The number of hydrogen-bond acceptors (Lipinski definition) is 6. The summed E-state index contributed by atoms with van der Waals surface area (Å²) in [7, 11) is -2.73. The number of esters is 2. The minimum Gasteiger partial charge on any atom is -0.468 e. The van der Waals surface area contributed by atoms with Gasteiger partial charge in [-0.25, -0.2) is 8.42 Å². The Labute approximate surface area is 112 Å². The molecule has 0 N–H and O–H groups in total. The molecule has 0 spiro atoms. The molecule has 1 saturated heterocycles. The molecule has 0 radical (unpaired) electrons. The molecule has 0 aromatic heterocycles. The Hall–Kier alpha value is -1.15. The third kappa shape index (κ3) is 4.17. The molecule has 1 heterocycles. The predicted octanol–water partition coefficient (Wildman–Crippen LogP) is -0.0932. The van der Waals surface area contributed by atoms with Gasteiger partial charge in [0.25, 0.3) is 0 Å². The largest absolute Gasteiger partial charge is 0.468 e. The van der Waals surface area contributed by atoms with Crippen LogP contribution in [0.3, 0.4) is 0 Å². The topological polar surface area (TPSA) is 90.0 Å².